The Labute approximate surface area is 148 Å². The number of benzene rings is 3. The SMILES string of the molecule is Oc1ccc(C=Nc2ccc(-c3nc4ccccc4o3)c(O)c2)c(O)c1. The first-order valence-corrected chi connectivity index (χ1v) is 7.85. The van der Waals surface area contributed by atoms with Crippen LogP contribution in [-0.4, -0.2) is 26.5 Å². The molecule has 0 aliphatic carbocycles. The van der Waals surface area contributed by atoms with Gasteiger partial charge in [0.1, 0.15) is 22.8 Å². The number of oxazole rings is 1. The highest BCUT2D eigenvalue weighted by molar-refractivity contribution is 5.86. The van der Waals surface area contributed by atoms with Crippen molar-refractivity contribution in [3.63, 3.8) is 0 Å². The highest BCUT2D eigenvalue weighted by Crippen LogP contribution is 2.34. The Morgan fingerprint density at radius 2 is 1.73 bits per heavy atom. The van der Waals surface area contributed by atoms with Gasteiger partial charge in [-0.2, -0.15) is 0 Å². The zero-order chi connectivity index (χ0) is 18.1. The van der Waals surface area contributed by atoms with E-state index in [1.165, 1.54) is 24.4 Å². The number of rotatable bonds is 3. The van der Waals surface area contributed by atoms with E-state index in [4.69, 9.17) is 4.42 Å². The minimum absolute atomic E-state index is 0.0128. The first-order chi connectivity index (χ1) is 12.6. The molecule has 0 unspecified atom stereocenters. The normalized spacial score (nSPS) is 11.4. The number of hydrogen-bond acceptors (Lipinski definition) is 6. The standard InChI is InChI=1S/C20H14N2O4/c23-14-7-5-12(17(24)10-14)11-21-13-6-8-15(18(25)9-13)20-22-16-3-1-2-4-19(16)26-20/h1-11,23-25H. The largest absolute Gasteiger partial charge is 0.508 e. The summed E-state index contributed by atoms with van der Waals surface area (Å²) >= 11 is 0. The Balaban J connectivity index is 1.64. The number of aromatic nitrogens is 1. The lowest BCUT2D eigenvalue weighted by atomic mass is 10.1. The van der Waals surface area contributed by atoms with Gasteiger partial charge in [0.25, 0.3) is 0 Å². The lowest BCUT2D eigenvalue weighted by molar-refractivity contribution is 0.450. The summed E-state index contributed by atoms with van der Waals surface area (Å²) in [5.41, 5.74) is 2.77. The minimum atomic E-state index is -0.0823. The number of nitrogens with zero attached hydrogens (tertiary/aromatic N) is 2. The van der Waals surface area contributed by atoms with Crippen molar-refractivity contribution in [2.45, 2.75) is 0 Å². The summed E-state index contributed by atoms with van der Waals surface area (Å²) in [5.74, 6) is 0.206. The van der Waals surface area contributed by atoms with Crippen LogP contribution < -0.4 is 0 Å². The molecule has 0 atom stereocenters. The van der Waals surface area contributed by atoms with Crippen LogP contribution >= 0.6 is 0 Å². The number of phenolic OH excluding ortho intramolecular Hbond substituents is 3. The molecule has 0 radical (unpaired) electrons. The van der Waals surface area contributed by atoms with Gasteiger partial charge in [0.2, 0.25) is 5.89 Å². The summed E-state index contributed by atoms with van der Waals surface area (Å²) < 4.78 is 5.66. The van der Waals surface area contributed by atoms with Crippen LogP contribution in [0.3, 0.4) is 0 Å². The summed E-state index contributed by atoms with van der Waals surface area (Å²) in [6.07, 6.45) is 1.45. The van der Waals surface area contributed by atoms with Crippen LogP contribution in [0.1, 0.15) is 5.56 Å². The highest BCUT2D eigenvalue weighted by Gasteiger charge is 2.12. The van der Waals surface area contributed by atoms with Crippen LogP contribution in [0.25, 0.3) is 22.6 Å². The molecular formula is C20H14N2O4. The maximum absolute atomic E-state index is 10.3. The quantitative estimate of drug-likeness (QED) is 0.479. The Morgan fingerprint density at radius 3 is 2.50 bits per heavy atom. The van der Waals surface area contributed by atoms with Gasteiger partial charge in [-0.15, -0.1) is 0 Å². The van der Waals surface area contributed by atoms with Gasteiger partial charge in [0.15, 0.2) is 5.58 Å². The first-order valence-electron chi connectivity index (χ1n) is 7.85. The number of fused-ring (bicyclic) bond motifs is 1. The van der Waals surface area contributed by atoms with E-state index < -0.39 is 0 Å². The average molecular weight is 346 g/mol. The lowest BCUT2D eigenvalue weighted by Gasteiger charge is -2.02. The van der Waals surface area contributed by atoms with Crippen molar-refractivity contribution in [2.24, 2.45) is 4.99 Å². The fraction of sp³-hybridized carbons (Fsp3) is 0. The molecule has 1 heterocycles. The molecule has 0 aliphatic rings. The van der Waals surface area contributed by atoms with Crippen LogP contribution in [0.15, 0.2) is 70.1 Å². The van der Waals surface area contributed by atoms with Gasteiger partial charge in [0.05, 0.1) is 11.3 Å². The minimum Gasteiger partial charge on any atom is -0.508 e. The molecule has 0 fully saturated rings. The Kier molecular flexibility index (Phi) is 3.78. The molecule has 4 rings (SSSR count). The molecule has 0 saturated carbocycles. The zero-order valence-corrected chi connectivity index (χ0v) is 13.5. The number of aliphatic imine (C=N–C) groups is 1. The van der Waals surface area contributed by atoms with E-state index in [2.05, 4.69) is 9.98 Å². The molecule has 0 saturated heterocycles. The maximum atomic E-state index is 10.3. The maximum Gasteiger partial charge on any atom is 0.231 e. The van der Waals surface area contributed by atoms with Gasteiger partial charge in [-0.3, -0.25) is 4.99 Å². The van der Waals surface area contributed by atoms with E-state index in [0.717, 1.165) is 0 Å². The van der Waals surface area contributed by atoms with Gasteiger partial charge in [-0.05, 0) is 36.4 Å². The molecular weight excluding hydrogens is 332 g/mol. The molecule has 4 aromatic rings. The van der Waals surface area contributed by atoms with Crippen molar-refractivity contribution in [2.75, 3.05) is 0 Å². The first kappa shape index (κ1) is 15.7. The summed E-state index contributed by atoms with van der Waals surface area (Å²) in [5, 5.41) is 29.4. The second-order valence-corrected chi connectivity index (χ2v) is 5.69. The molecule has 0 aliphatic heterocycles. The number of aromatic hydroxyl groups is 3. The topological polar surface area (TPSA) is 99.1 Å². The Hall–Kier alpha value is -3.80. The summed E-state index contributed by atoms with van der Waals surface area (Å²) in [4.78, 5) is 8.59. The number of para-hydroxylation sites is 2. The highest BCUT2D eigenvalue weighted by atomic mass is 16.3. The summed E-state index contributed by atoms with van der Waals surface area (Å²) in [6.45, 7) is 0. The number of phenols is 3. The van der Waals surface area contributed by atoms with Crippen molar-refractivity contribution in [3.05, 3.63) is 66.2 Å². The predicted octanol–water partition coefficient (Wildman–Crippen LogP) is 4.36. The van der Waals surface area contributed by atoms with Gasteiger partial charge < -0.3 is 19.7 Å². The van der Waals surface area contributed by atoms with Crippen LogP contribution in [0.5, 0.6) is 17.2 Å². The van der Waals surface area contributed by atoms with E-state index in [0.29, 0.717) is 33.8 Å². The third kappa shape index (κ3) is 2.95. The second-order valence-electron chi connectivity index (χ2n) is 5.69. The van der Waals surface area contributed by atoms with E-state index in [-0.39, 0.29) is 17.2 Å². The van der Waals surface area contributed by atoms with Gasteiger partial charge >= 0.3 is 0 Å². The third-order valence-electron chi connectivity index (χ3n) is 3.87. The van der Waals surface area contributed by atoms with Crippen molar-refractivity contribution < 1.29 is 19.7 Å². The molecule has 1 aromatic heterocycles. The predicted molar refractivity (Wildman–Crippen MR) is 98.1 cm³/mol. The fourth-order valence-corrected chi connectivity index (χ4v) is 2.55. The molecule has 6 heteroatoms. The van der Waals surface area contributed by atoms with Crippen molar-refractivity contribution in [3.8, 4) is 28.7 Å². The smallest absolute Gasteiger partial charge is 0.231 e. The van der Waals surface area contributed by atoms with Crippen LogP contribution in [0.4, 0.5) is 5.69 Å². The zero-order valence-electron chi connectivity index (χ0n) is 13.5. The van der Waals surface area contributed by atoms with Crippen molar-refractivity contribution >= 4 is 23.0 Å². The monoisotopic (exact) mass is 346 g/mol. The van der Waals surface area contributed by atoms with Crippen molar-refractivity contribution in [1.29, 1.82) is 0 Å². The molecule has 0 bridgehead atoms. The molecule has 128 valence electrons. The van der Waals surface area contributed by atoms with Gasteiger partial charge in [0, 0.05) is 23.9 Å². The summed E-state index contributed by atoms with van der Waals surface area (Å²) in [6, 6.07) is 16.5. The van der Waals surface area contributed by atoms with Crippen molar-refractivity contribution in [1.82, 2.24) is 4.98 Å². The molecule has 6 nitrogen and oxygen atoms in total. The molecule has 3 N–H and O–H groups in total. The molecule has 3 aromatic carbocycles. The lowest BCUT2D eigenvalue weighted by Crippen LogP contribution is -1.82. The Bertz CT molecular complexity index is 1100. The van der Waals surface area contributed by atoms with Crippen LogP contribution in [-0.2, 0) is 0 Å². The van der Waals surface area contributed by atoms with E-state index in [9.17, 15) is 15.3 Å². The fourth-order valence-electron chi connectivity index (χ4n) is 2.55. The van der Waals surface area contributed by atoms with Crippen LogP contribution in [0.2, 0.25) is 0 Å². The van der Waals surface area contributed by atoms with Gasteiger partial charge in [-0.25, -0.2) is 4.98 Å². The van der Waals surface area contributed by atoms with Crippen LogP contribution in [0, 0.1) is 0 Å². The summed E-state index contributed by atoms with van der Waals surface area (Å²) in [7, 11) is 0. The van der Waals surface area contributed by atoms with E-state index in [1.807, 2.05) is 24.3 Å². The number of hydrogen-bond donors (Lipinski definition) is 3. The Morgan fingerprint density at radius 1 is 0.885 bits per heavy atom. The van der Waals surface area contributed by atoms with E-state index >= 15 is 0 Å². The molecule has 0 amide bonds. The third-order valence-corrected chi connectivity index (χ3v) is 3.87. The average Bonchev–Trinajstić information content (AvgIpc) is 3.05. The van der Waals surface area contributed by atoms with Gasteiger partial charge in [-0.1, -0.05) is 12.1 Å². The molecule has 0 spiro atoms. The van der Waals surface area contributed by atoms with E-state index in [1.54, 1.807) is 18.2 Å². The molecule has 26 heavy (non-hydrogen) atoms. The second kappa shape index (κ2) is 6.25.